The molecule has 0 atom stereocenters. The fourth-order valence-electron chi connectivity index (χ4n) is 3.87. The Morgan fingerprint density at radius 2 is 1.86 bits per heavy atom. The first-order valence-corrected chi connectivity index (χ1v) is 11.1. The first-order chi connectivity index (χ1) is 14.1. The van der Waals surface area contributed by atoms with Gasteiger partial charge in [-0.1, -0.05) is 36.4 Å². The number of hydrogen-bond acceptors (Lipinski definition) is 5. The van der Waals surface area contributed by atoms with Gasteiger partial charge in [0.2, 0.25) is 0 Å². The molecule has 29 heavy (non-hydrogen) atoms. The Labute approximate surface area is 175 Å². The van der Waals surface area contributed by atoms with E-state index in [1.807, 2.05) is 38.1 Å². The van der Waals surface area contributed by atoms with E-state index in [2.05, 4.69) is 36.8 Å². The second-order valence-electron chi connectivity index (χ2n) is 7.61. The summed E-state index contributed by atoms with van der Waals surface area (Å²) in [7, 11) is 0. The monoisotopic (exact) mass is 409 g/mol. The van der Waals surface area contributed by atoms with E-state index in [1.165, 1.54) is 31.0 Å². The molecule has 0 saturated carbocycles. The molecule has 3 heterocycles. The Morgan fingerprint density at radius 1 is 1.10 bits per heavy atom. The van der Waals surface area contributed by atoms with E-state index < -0.39 is 0 Å². The largest absolute Gasteiger partial charge is 0.362 e. The van der Waals surface area contributed by atoms with Crippen molar-refractivity contribution in [2.45, 2.75) is 44.8 Å². The molecule has 2 aromatic heterocycles. The second-order valence-corrected chi connectivity index (χ2v) is 8.55. The number of para-hydroxylation sites is 1. The number of piperidine rings is 1. The number of H-pyrrole nitrogens is 1. The number of aromatic nitrogens is 4. The van der Waals surface area contributed by atoms with Gasteiger partial charge in [0, 0.05) is 22.6 Å². The van der Waals surface area contributed by atoms with E-state index in [4.69, 9.17) is 0 Å². The SMILES string of the molecule is Cc1cc(C(=O)CSc2nnc(CN3CCCCC3)n2-c2ccccc2)c(C)[nH]1. The van der Waals surface area contributed by atoms with Gasteiger partial charge >= 0.3 is 0 Å². The lowest BCUT2D eigenvalue weighted by molar-refractivity contribution is 0.102. The molecule has 3 aromatic rings. The van der Waals surface area contributed by atoms with E-state index in [9.17, 15) is 4.79 Å². The average Bonchev–Trinajstić information content (AvgIpc) is 3.29. The summed E-state index contributed by atoms with van der Waals surface area (Å²) in [5, 5.41) is 9.70. The van der Waals surface area contributed by atoms with Crippen LogP contribution >= 0.6 is 11.8 Å². The van der Waals surface area contributed by atoms with Crippen LogP contribution in [-0.4, -0.2) is 49.3 Å². The molecule has 1 aromatic carbocycles. The number of carbonyl (C=O) groups is 1. The molecule has 1 aliphatic heterocycles. The molecule has 0 unspecified atom stereocenters. The van der Waals surface area contributed by atoms with Crippen LogP contribution in [0, 0.1) is 13.8 Å². The zero-order valence-electron chi connectivity index (χ0n) is 17.0. The van der Waals surface area contributed by atoms with E-state index in [1.54, 1.807) is 0 Å². The number of hydrogen-bond donors (Lipinski definition) is 1. The Hall–Kier alpha value is -2.38. The van der Waals surface area contributed by atoms with Gasteiger partial charge in [0.1, 0.15) is 0 Å². The minimum Gasteiger partial charge on any atom is -0.362 e. The maximum absolute atomic E-state index is 12.7. The van der Waals surface area contributed by atoms with Gasteiger partial charge in [-0.25, -0.2) is 0 Å². The van der Waals surface area contributed by atoms with Gasteiger partial charge < -0.3 is 4.98 Å². The highest BCUT2D eigenvalue weighted by Crippen LogP contribution is 2.25. The van der Waals surface area contributed by atoms with Crippen LogP contribution in [0.4, 0.5) is 0 Å². The van der Waals surface area contributed by atoms with Crippen molar-refractivity contribution >= 4 is 17.5 Å². The summed E-state index contributed by atoms with van der Waals surface area (Å²) >= 11 is 1.45. The molecule has 0 spiro atoms. The van der Waals surface area contributed by atoms with Gasteiger partial charge in [0.25, 0.3) is 0 Å². The predicted octanol–water partition coefficient (Wildman–Crippen LogP) is 4.17. The van der Waals surface area contributed by atoms with Crippen LogP contribution in [0.25, 0.3) is 5.69 Å². The number of carbonyl (C=O) groups excluding carboxylic acids is 1. The summed E-state index contributed by atoms with van der Waals surface area (Å²) in [6.45, 7) is 6.90. The third-order valence-electron chi connectivity index (χ3n) is 5.31. The highest BCUT2D eigenvalue weighted by molar-refractivity contribution is 7.99. The van der Waals surface area contributed by atoms with Crippen molar-refractivity contribution in [3.05, 3.63) is 59.2 Å². The maximum Gasteiger partial charge on any atom is 0.196 e. The number of rotatable bonds is 7. The quantitative estimate of drug-likeness (QED) is 0.468. The van der Waals surface area contributed by atoms with Crippen molar-refractivity contribution in [2.24, 2.45) is 0 Å². The number of ketones is 1. The topological polar surface area (TPSA) is 66.8 Å². The van der Waals surface area contributed by atoms with Crippen LogP contribution in [0.5, 0.6) is 0 Å². The predicted molar refractivity (Wildman–Crippen MR) is 116 cm³/mol. The zero-order valence-corrected chi connectivity index (χ0v) is 17.8. The number of thioether (sulfide) groups is 1. The summed E-state index contributed by atoms with van der Waals surface area (Å²) in [5.74, 6) is 1.38. The third-order valence-corrected chi connectivity index (χ3v) is 6.24. The third kappa shape index (κ3) is 4.62. The first-order valence-electron chi connectivity index (χ1n) is 10.2. The number of aromatic amines is 1. The fourth-order valence-corrected chi connectivity index (χ4v) is 4.73. The molecule has 152 valence electrons. The van der Waals surface area contributed by atoms with E-state index in [0.29, 0.717) is 5.75 Å². The summed E-state index contributed by atoms with van der Waals surface area (Å²) in [6, 6.07) is 12.1. The van der Waals surface area contributed by atoms with Crippen LogP contribution < -0.4 is 0 Å². The van der Waals surface area contributed by atoms with Gasteiger partial charge in [-0.15, -0.1) is 10.2 Å². The number of nitrogens with zero attached hydrogens (tertiary/aromatic N) is 4. The van der Waals surface area contributed by atoms with Crippen molar-refractivity contribution in [1.29, 1.82) is 0 Å². The fraction of sp³-hybridized carbons (Fsp3) is 0.409. The number of aryl methyl sites for hydroxylation is 2. The number of nitrogens with one attached hydrogen (secondary N) is 1. The summed E-state index contributed by atoms with van der Waals surface area (Å²) < 4.78 is 2.10. The van der Waals surface area contributed by atoms with Crippen LogP contribution in [0.2, 0.25) is 0 Å². The zero-order chi connectivity index (χ0) is 20.2. The van der Waals surface area contributed by atoms with E-state index in [0.717, 1.165) is 53.3 Å². The van der Waals surface area contributed by atoms with Gasteiger partial charge in [-0.3, -0.25) is 14.3 Å². The molecule has 0 bridgehead atoms. The van der Waals surface area contributed by atoms with Crippen molar-refractivity contribution < 1.29 is 4.79 Å². The van der Waals surface area contributed by atoms with E-state index in [-0.39, 0.29) is 5.78 Å². The molecule has 7 heteroatoms. The lowest BCUT2D eigenvalue weighted by atomic mass is 10.1. The molecule has 6 nitrogen and oxygen atoms in total. The second kappa shape index (κ2) is 8.97. The molecule has 4 rings (SSSR count). The standard InChI is InChI=1S/C22H27N5OS/c1-16-13-19(17(2)23-16)20(28)15-29-22-25-24-21(14-26-11-7-4-8-12-26)27(22)18-9-5-3-6-10-18/h3,5-6,9-10,13,23H,4,7-8,11-12,14-15H2,1-2H3. The van der Waals surface area contributed by atoms with E-state index >= 15 is 0 Å². The molecule has 0 amide bonds. The van der Waals surface area contributed by atoms with Gasteiger partial charge in [-0.2, -0.15) is 0 Å². The molecule has 0 aliphatic carbocycles. The highest BCUT2D eigenvalue weighted by Gasteiger charge is 2.20. The minimum absolute atomic E-state index is 0.108. The highest BCUT2D eigenvalue weighted by atomic mass is 32.2. The van der Waals surface area contributed by atoms with Crippen molar-refractivity contribution in [1.82, 2.24) is 24.6 Å². The lowest BCUT2D eigenvalue weighted by Gasteiger charge is -2.26. The molecular weight excluding hydrogens is 382 g/mol. The van der Waals surface area contributed by atoms with Crippen molar-refractivity contribution in [3.8, 4) is 5.69 Å². The molecule has 1 aliphatic rings. The van der Waals surface area contributed by atoms with Crippen LogP contribution in [0.15, 0.2) is 41.6 Å². The number of likely N-dealkylation sites (tertiary alicyclic amines) is 1. The molecule has 1 N–H and O–H groups in total. The molecule has 0 radical (unpaired) electrons. The Kier molecular flexibility index (Phi) is 6.16. The van der Waals surface area contributed by atoms with Crippen LogP contribution in [-0.2, 0) is 6.54 Å². The van der Waals surface area contributed by atoms with Crippen LogP contribution in [0.3, 0.4) is 0 Å². The Morgan fingerprint density at radius 3 is 2.55 bits per heavy atom. The smallest absolute Gasteiger partial charge is 0.196 e. The summed E-state index contributed by atoms with van der Waals surface area (Å²) in [4.78, 5) is 18.4. The molecular formula is C22H27N5OS. The van der Waals surface area contributed by atoms with Gasteiger partial charge in [0.15, 0.2) is 16.8 Å². The Balaban J connectivity index is 1.56. The normalized spacial score (nSPS) is 15.0. The lowest BCUT2D eigenvalue weighted by Crippen LogP contribution is -2.30. The summed E-state index contributed by atoms with van der Waals surface area (Å²) in [5.41, 5.74) is 3.72. The van der Waals surface area contributed by atoms with Gasteiger partial charge in [-0.05, 0) is 58.0 Å². The Bertz CT molecular complexity index is 973. The average molecular weight is 410 g/mol. The maximum atomic E-state index is 12.7. The van der Waals surface area contributed by atoms with Gasteiger partial charge in [0.05, 0.1) is 12.3 Å². The molecule has 1 saturated heterocycles. The first kappa shape index (κ1) is 19.9. The molecule has 1 fully saturated rings. The van der Waals surface area contributed by atoms with Crippen LogP contribution in [0.1, 0.15) is 46.8 Å². The summed E-state index contributed by atoms with van der Waals surface area (Å²) in [6.07, 6.45) is 3.79. The number of benzene rings is 1. The van der Waals surface area contributed by atoms with Crippen molar-refractivity contribution in [3.63, 3.8) is 0 Å². The minimum atomic E-state index is 0.108. The number of Topliss-reactive ketones (excluding diaryl/α,β-unsaturated/α-hetero) is 1. The van der Waals surface area contributed by atoms with Crippen molar-refractivity contribution in [2.75, 3.05) is 18.8 Å².